The number of hydrogen-bond acceptors (Lipinski definition) is 4. The second kappa shape index (κ2) is 7.58. The van der Waals surface area contributed by atoms with E-state index in [1.54, 1.807) is 18.2 Å². The molecule has 0 aliphatic carbocycles. The maximum atomic E-state index is 12.0. The molecule has 1 heterocycles. The minimum Gasteiger partial charge on any atom is -0.458 e. The van der Waals surface area contributed by atoms with Crippen molar-refractivity contribution in [2.75, 3.05) is 0 Å². The van der Waals surface area contributed by atoms with Crippen LogP contribution >= 0.6 is 11.6 Å². The van der Waals surface area contributed by atoms with Gasteiger partial charge in [0.2, 0.25) is 0 Å². The normalized spacial score (nSPS) is 11.2. The largest absolute Gasteiger partial charge is 0.458 e. The zero-order valence-electron chi connectivity index (χ0n) is 14.4. The number of carbonyl (C=O) groups is 1. The lowest BCUT2D eigenvalue weighted by Crippen LogP contribution is -2.06. The van der Waals surface area contributed by atoms with Crippen molar-refractivity contribution >= 4 is 34.6 Å². The van der Waals surface area contributed by atoms with E-state index in [9.17, 15) is 9.59 Å². The molecule has 4 nitrogen and oxygen atoms in total. The zero-order valence-corrected chi connectivity index (χ0v) is 15.2. The number of benzene rings is 2. The second-order valence-electron chi connectivity index (χ2n) is 5.94. The SMILES string of the molecule is Cc1ccc2c(COC(=O)/C=C/c3ccccc3Cl)cc(=O)oc2c1C. The van der Waals surface area contributed by atoms with Gasteiger partial charge in [-0.25, -0.2) is 9.59 Å². The van der Waals surface area contributed by atoms with Crippen LogP contribution in [-0.2, 0) is 16.1 Å². The molecule has 0 unspecified atom stereocenters. The zero-order chi connectivity index (χ0) is 18.7. The first-order valence-electron chi connectivity index (χ1n) is 8.08. The topological polar surface area (TPSA) is 56.5 Å². The van der Waals surface area contributed by atoms with Crippen LogP contribution in [0.15, 0.2) is 57.8 Å². The summed E-state index contributed by atoms with van der Waals surface area (Å²) < 4.78 is 10.6. The number of rotatable bonds is 4. The molecule has 5 heteroatoms. The highest BCUT2D eigenvalue weighted by atomic mass is 35.5. The molecule has 1 aromatic heterocycles. The standard InChI is InChI=1S/C21H17ClO4/c1-13-7-9-17-16(11-20(24)26-21(17)14(13)2)12-25-19(23)10-8-15-5-3-4-6-18(15)22/h3-11H,12H2,1-2H3/b10-8+. The van der Waals surface area contributed by atoms with E-state index in [4.69, 9.17) is 20.8 Å². The van der Waals surface area contributed by atoms with Crippen molar-refractivity contribution in [1.82, 2.24) is 0 Å². The minimum atomic E-state index is -0.518. The van der Waals surface area contributed by atoms with Gasteiger partial charge in [-0.15, -0.1) is 0 Å². The first kappa shape index (κ1) is 18.0. The van der Waals surface area contributed by atoms with Crippen molar-refractivity contribution in [3.05, 3.63) is 86.2 Å². The summed E-state index contributed by atoms with van der Waals surface area (Å²) in [6, 6.07) is 12.3. The molecule has 0 amide bonds. The molecule has 26 heavy (non-hydrogen) atoms. The van der Waals surface area contributed by atoms with Gasteiger partial charge < -0.3 is 9.15 Å². The Bertz CT molecular complexity index is 1060. The Balaban J connectivity index is 1.80. The fourth-order valence-electron chi connectivity index (χ4n) is 2.61. The molecule has 0 aliphatic rings. The third-order valence-corrected chi connectivity index (χ3v) is 4.54. The summed E-state index contributed by atoms with van der Waals surface area (Å²) in [5, 5.41) is 1.31. The molecular formula is C21H17ClO4. The predicted octanol–water partition coefficient (Wildman–Crippen LogP) is 4.82. The van der Waals surface area contributed by atoms with Crippen molar-refractivity contribution < 1.29 is 13.9 Å². The molecular weight excluding hydrogens is 352 g/mol. The van der Waals surface area contributed by atoms with E-state index >= 15 is 0 Å². The summed E-state index contributed by atoms with van der Waals surface area (Å²) in [5.41, 5.74) is 3.31. The van der Waals surface area contributed by atoms with Crippen LogP contribution in [0.1, 0.15) is 22.3 Å². The lowest BCUT2D eigenvalue weighted by atomic mass is 10.0. The fraction of sp³-hybridized carbons (Fsp3) is 0.143. The highest BCUT2D eigenvalue weighted by Crippen LogP contribution is 2.23. The number of ether oxygens (including phenoxy) is 1. The molecule has 0 fully saturated rings. The Labute approximate surface area is 155 Å². The highest BCUT2D eigenvalue weighted by molar-refractivity contribution is 6.32. The van der Waals surface area contributed by atoms with Gasteiger partial charge >= 0.3 is 11.6 Å². The second-order valence-corrected chi connectivity index (χ2v) is 6.34. The molecule has 0 radical (unpaired) electrons. The van der Waals surface area contributed by atoms with Crippen LogP contribution in [0.25, 0.3) is 17.0 Å². The molecule has 3 rings (SSSR count). The van der Waals surface area contributed by atoms with Gasteiger partial charge in [-0.1, -0.05) is 41.9 Å². The van der Waals surface area contributed by atoms with E-state index < -0.39 is 11.6 Å². The predicted molar refractivity (Wildman–Crippen MR) is 102 cm³/mol. The van der Waals surface area contributed by atoms with Crippen LogP contribution in [-0.4, -0.2) is 5.97 Å². The van der Waals surface area contributed by atoms with Crippen LogP contribution < -0.4 is 5.63 Å². The van der Waals surface area contributed by atoms with E-state index in [1.807, 2.05) is 38.1 Å². The lowest BCUT2D eigenvalue weighted by molar-refractivity contribution is -0.138. The molecule has 0 N–H and O–H groups in total. The third kappa shape index (κ3) is 3.86. The third-order valence-electron chi connectivity index (χ3n) is 4.19. The van der Waals surface area contributed by atoms with E-state index in [-0.39, 0.29) is 6.61 Å². The number of esters is 1. The molecule has 132 valence electrons. The van der Waals surface area contributed by atoms with Gasteiger partial charge in [0.25, 0.3) is 0 Å². The van der Waals surface area contributed by atoms with Gasteiger partial charge in [0.1, 0.15) is 12.2 Å². The lowest BCUT2D eigenvalue weighted by Gasteiger charge is -2.09. The van der Waals surface area contributed by atoms with Gasteiger partial charge in [-0.05, 0) is 42.7 Å². The first-order chi connectivity index (χ1) is 12.5. The first-order valence-corrected chi connectivity index (χ1v) is 8.46. The quantitative estimate of drug-likeness (QED) is 0.376. The van der Waals surface area contributed by atoms with Crippen LogP contribution in [0.5, 0.6) is 0 Å². The fourth-order valence-corrected chi connectivity index (χ4v) is 2.81. The van der Waals surface area contributed by atoms with Crippen molar-refractivity contribution in [2.45, 2.75) is 20.5 Å². The average Bonchev–Trinajstić information content (AvgIpc) is 2.62. The summed E-state index contributed by atoms with van der Waals surface area (Å²) in [6.45, 7) is 3.82. The summed E-state index contributed by atoms with van der Waals surface area (Å²) in [7, 11) is 0. The number of halogens is 1. The van der Waals surface area contributed by atoms with Gasteiger partial charge in [-0.3, -0.25) is 0 Å². The van der Waals surface area contributed by atoms with Crippen molar-refractivity contribution in [2.24, 2.45) is 0 Å². The van der Waals surface area contributed by atoms with Crippen LogP contribution in [0.3, 0.4) is 0 Å². The van der Waals surface area contributed by atoms with Gasteiger partial charge in [0.05, 0.1) is 0 Å². The molecule has 0 saturated carbocycles. The van der Waals surface area contributed by atoms with Crippen molar-refractivity contribution in [1.29, 1.82) is 0 Å². The maximum absolute atomic E-state index is 12.0. The molecule has 0 bridgehead atoms. The smallest absolute Gasteiger partial charge is 0.336 e. The molecule has 0 atom stereocenters. The average molecular weight is 369 g/mol. The minimum absolute atomic E-state index is 0.0176. The number of hydrogen-bond donors (Lipinski definition) is 0. The summed E-state index contributed by atoms with van der Waals surface area (Å²) in [5.74, 6) is -0.518. The Kier molecular flexibility index (Phi) is 5.24. The van der Waals surface area contributed by atoms with Crippen LogP contribution in [0.2, 0.25) is 5.02 Å². The molecule has 0 aliphatic heterocycles. The summed E-state index contributed by atoms with van der Waals surface area (Å²) in [4.78, 5) is 23.8. The monoisotopic (exact) mass is 368 g/mol. The summed E-state index contributed by atoms with van der Waals surface area (Å²) in [6.07, 6.45) is 2.90. The number of carbonyl (C=O) groups excluding carboxylic acids is 1. The van der Waals surface area contributed by atoms with Gasteiger partial charge in [0.15, 0.2) is 0 Å². The van der Waals surface area contributed by atoms with Gasteiger partial charge in [0, 0.05) is 28.1 Å². The van der Waals surface area contributed by atoms with Gasteiger partial charge in [-0.2, -0.15) is 0 Å². The Morgan fingerprint density at radius 1 is 1.19 bits per heavy atom. The molecule has 0 saturated heterocycles. The Hall–Kier alpha value is -2.85. The van der Waals surface area contributed by atoms with E-state index in [0.717, 1.165) is 22.1 Å². The van der Waals surface area contributed by atoms with Crippen molar-refractivity contribution in [3.8, 4) is 0 Å². The maximum Gasteiger partial charge on any atom is 0.336 e. The molecule has 3 aromatic rings. The van der Waals surface area contributed by atoms with Crippen LogP contribution in [0, 0.1) is 13.8 Å². The molecule has 0 spiro atoms. The number of fused-ring (bicyclic) bond motifs is 1. The Morgan fingerprint density at radius 3 is 2.73 bits per heavy atom. The highest BCUT2D eigenvalue weighted by Gasteiger charge is 2.11. The number of aryl methyl sites for hydroxylation is 2. The van der Waals surface area contributed by atoms with E-state index in [1.165, 1.54) is 12.1 Å². The summed E-state index contributed by atoms with van der Waals surface area (Å²) >= 11 is 6.04. The van der Waals surface area contributed by atoms with Crippen LogP contribution in [0.4, 0.5) is 0 Å². The van der Waals surface area contributed by atoms with E-state index in [2.05, 4.69) is 0 Å². The van der Waals surface area contributed by atoms with E-state index in [0.29, 0.717) is 16.2 Å². The Morgan fingerprint density at radius 2 is 1.96 bits per heavy atom. The molecule has 2 aromatic carbocycles. The van der Waals surface area contributed by atoms with Crippen molar-refractivity contribution in [3.63, 3.8) is 0 Å².